The maximum atomic E-state index is 11.6. The molecule has 3 nitrogen and oxygen atoms in total. The SMILES string of the molecule is COC(=O)Cc1ccccc1CCc1cccc(-c2cccc(CN)c2)c1. The van der Waals surface area contributed by atoms with Gasteiger partial charge < -0.3 is 10.5 Å². The number of aryl methyl sites for hydroxylation is 2. The predicted molar refractivity (Wildman–Crippen MR) is 109 cm³/mol. The van der Waals surface area contributed by atoms with Crippen LogP contribution >= 0.6 is 0 Å². The number of carbonyl (C=O) groups is 1. The average molecular weight is 359 g/mol. The van der Waals surface area contributed by atoms with Gasteiger partial charge in [-0.2, -0.15) is 0 Å². The lowest BCUT2D eigenvalue weighted by molar-refractivity contribution is -0.139. The quantitative estimate of drug-likeness (QED) is 0.640. The van der Waals surface area contributed by atoms with Crippen LogP contribution in [0.15, 0.2) is 72.8 Å². The van der Waals surface area contributed by atoms with Gasteiger partial charge in [-0.05, 0) is 52.3 Å². The van der Waals surface area contributed by atoms with Crippen LogP contribution in [0.25, 0.3) is 11.1 Å². The molecule has 0 bridgehead atoms. The number of esters is 1. The number of benzene rings is 3. The second kappa shape index (κ2) is 9.15. The standard InChI is InChI=1S/C24H25NO2/c1-27-24(26)16-23-9-3-2-8-20(23)13-12-18-6-4-10-21(14-18)22-11-5-7-19(15-22)17-25/h2-11,14-15H,12-13,16-17,25H2,1H3. The Kier molecular flexibility index (Phi) is 6.39. The second-order valence-electron chi connectivity index (χ2n) is 6.63. The van der Waals surface area contributed by atoms with Crippen molar-refractivity contribution in [2.45, 2.75) is 25.8 Å². The fraction of sp³-hybridized carbons (Fsp3) is 0.208. The molecule has 27 heavy (non-hydrogen) atoms. The summed E-state index contributed by atoms with van der Waals surface area (Å²) in [6.45, 7) is 0.546. The van der Waals surface area contributed by atoms with E-state index in [0.717, 1.165) is 24.0 Å². The Labute approximate surface area is 160 Å². The molecular weight excluding hydrogens is 334 g/mol. The van der Waals surface area contributed by atoms with E-state index in [2.05, 4.69) is 42.5 Å². The normalized spacial score (nSPS) is 10.6. The summed E-state index contributed by atoms with van der Waals surface area (Å²) in [5, 5.41) is 0. The van der Waals surface area contributed by atoms with E-state index in [9.17, 15) is 4.79 Å². The van der Waals surface area contributed by atoms with E-state index in [1.165, 1.54) is 29.4 Å². The van der Waals surface area contributed by atoms with Crippen LogP contribution in [0.1, 0.15) is 22.3 Å². The van der Waals surface area contributed by atoms with Gasteiger partial charge in [-0.3, -0.25) is 4.79 Å². The van der Waals surface area contributed by atoms with Crippen LogP contribution in [-0.4, -0.2) is 13.1 Å². The molecule has 138 valence electrons. The first-order valence-corrected chi connectivity index (χ1v) is 9.21. The lowest BCUT2D eigenvalue weighted by Gasteiger charge is -2.10. The van der Waals surface area contributed by atoms with Crippen molar-refractivity contribution in [2.75, 3.05) is 7.11 Å². The van der Waals surface area contributed by atoms with Gasteiger partial charge in [0.05, 0.1) is 13.5 Å². The molecule has 3 rings (SSSR count). The molecule has 0 fully saturated rings. The van der Waals surface area contributed by atoms with Gasteiger partial charge in [-0.1, -0.05) is 66.7 Å². The summed E-state index contributed by atoms with van der Waals surface area (Å²) in [6.07, 6.45) is 2.13. The molecule has 0 saturated carbocycles. The van der Waals surface area contributed by atoms with Gasteiger partial charge >= 0.3 is 5.97 Å². The summed E-state index contributed by atoms with van der Waals surface area (Å²) in [7, 11) is 1.43. The molecule has 0 radical (unpaired) electrons. The monoisotopic (exact) mass is 359 g/mol. The first kappa shape index (κ1) is 18.9. The molecule has 0 aliphatic heterocycles. The zero-order valence-corrected chi connectivity index (χ0v) is 15.7. The Bertz CT molecular complexity index is 918. The highest BCUT2D eigenvalue weighted by Gasteiger charge is 2.08. The predicted octanol–water partition coefficient (Wildman–Crippen LogP) is 4.31. The number of carbonyl (C=O) groups excluding carboxylic acids is 1. The maximum absolute atomic E-state index is 11.6. The van der Waals surface area contributed by atoms with E-state index in [1.807, 2.05) is 30.3 Å². The van der Waals surface area contributed by atoms with Crippen molar-refractivity contribution in [1.29, 1.82) is 0 Å². The molecular formula is C24H25NO2. The third-order valence-electron chi connectivity index (χ3n) is 4.79. The molecule has 0 heterocycles. The Morgan fingerprint density at radius 3 is 2.11 bits per heavy atom. The minimum Gasteiger partial charge on any atom is -0.469 e. The minimum atomic E-state index is -0.204. The van der Waals surface area contributed by atoms with Gasteiger partial charge in [0.15, 0.2) is 0 Å². The van der Waals surface area contributed by atoms with E-state index >= 15 is 0 Å². The zero-order chi connectivity index (χ0) is 19.1. The molecule has 0 aromatic heterocycles. The number of rotatable bonds is 7. The van der Waals surface area contributed by atoms with Gasteiger partial charge in [0, 0.05) is 6.54 Å². The summed E-state index contributed by atoms with van der Waals surface area (Å²) in [5.41, 5.74) is 12.8. The largest absolute Gasteiger partial charge is 0.469 e. The molecule has 0 atom stereocenters. The topological polar surface area (TPSA) is 52.3 Å². The summed E-state index contributed by atoms with van der Waals surface area (Å²) >= 11 is 0. The Balaban J connectivity index is 1.75. The van der Waals surface area contributed by atoms with Crippen LogP contribution in [0.5, 0.6) is 0 Å². The van der Waals surface area contributed by atoms with Gasteiger partial charge in [0.25, 0.3) is 0 Å². The highest BCUT2D eigenvalue weighted by atomic mass is 16.5. The minimum absolute atomic E-state index is 0.204. The van der Waals surface area contributed by atoms with Gasteiger partial charge in [-0.25, -0.2) is 0 Å². The zero-order valence-electron chi connectivity index (χ0n) is 15.7. The smallest absolute Gasteiger partial charge is 0.309 e. The number of ether oxygens (including phenoxy) is 1. The van der Waals surface area contributed by atoms with Crippen molar-refractivity contribution in [3.63, 3.8) is 0 Å². The number of hydrogen-bond acceptors (Lipinski definition) is 3. The number of methoxy groups -OCH3 is 1. The summed E-state index contributed by atoms with van der Waals surface area (Å²) in [4.78, 5) is 11.6. The molecule has 3 aromatic rings. The molecule has 3 heteroatoms. The van der Waals surface area contributed by atoms with Crippen molar-refractivity contribution in [1.82, 2.24) is 0 Å². The van der Waals surface area contributed by atoms with Crippen LogP contribution in [-0.2, 0) is 35.3 Å². The van der Waals surface area contributed by atoms with E-state index in [1.54, 1.807) is 0 Å². The van der Waals surface area contributed by atoms with Gasteiger partial charge in [-0.15, -0.1) is 0 Å². The van der Waals surface area contributed by atoms with Crippen molar-refractivity contribution >= 4 is 5.97 Å². The summed E-state index contributed by atoms with van der Waals surface area (Å²) < 4.78 is 4.81. The molecule has 0 spiro atoms. The number of nitrogens with two attached hydrogens (primary N) is 1. The third-order valence-corrected chi connectivity index (χ3v) is 4.79. The lowest BCUT2D eigenvalue weighted by Crippen LogP contribution is -2.07. The van der Waals surface area contributed by atoms with Crippen LogP contribution in [0, 0.1) is 0 Å². The molecule has 0 unspecified atom stereocenters. The average Bonchev–Trinajstić information content (AvgIpc) is 2.73. The Morgan fingerprint density at radius 2 is 1.44 bits per heavy atom. The van der Waals surface area contributed by atoms with E-state index in [0.29, 0.717) is 13.0 Å². The van der Waals surface area contributed by atoms with Crippen molar-refractivity contribution in [2.24, 2.45) is 5.73 Å². The molecule has 2 N–H and O–H groups in total. The van der Waals surface area contributed by atoms with E-state index < -0.39 is 0 Å². The fourth-order valence-corrected chi connectivity index (χ4v) is 3.26. The van der Waals surface area contributed by atoms with Crippen molar-refractivity contribution < 1.29 is 9.53 Å². The van der Waals surface area contributed by atoms with Gasteiger partial charge in [0.2, 0.25) is 0 Å². The molecule has 0 aliphatic rings. The van der Waals surface area contributed by atoms with Crippen LogP contribution in [0.4, 0.5) is 0 Å². The fourth-order valence-electron chi connectivity index (χ4n) is 3.26. The molecule has 0 aliphatic carbocycles. The van der Waals surface area contributed by atoms with Crippen LogP contribution in [0.3, 0.4) is 0 Å². The first-order chi connectivity index (χ1) is 13.2. The first-order valence-electron chi connectivity index (χ1n) is 9.21. The third kappa shape index (κ3) is 5.05. The maximum Gasteiger partial charge on any atom is 0.309 e. The van der Waals surface area contributed by atoms with E-state index in [-0.39, 0.29) is 5.97 Å². The van der Waals surface area contributed by atoms with Crippen LogP contribution < -0.4 is 5.73 Å². The van der Waals surface area contributed by atoms with E-state index in [4.69, 9.17) is 10.5 Å². The molecule has 0 saturated heterocycles. The Hall–Kier alpha value is -2.91. The van der Waals surface area contributed by atoms with Crippen molar-refractivity contribution in [3.05, 3.63) is 95.1 Å². The molecule has 3 aromatic carbocycles. The van der Waals surface area contributed by atoms with Crippen LogP contribution in [0.2, 0.25) is 0 Å². The highest BCUT2D eigenvalue weighted by Crippen LogP contribution is 2.23. The second-order valence-corrected chi connectivity index (χ2v) is 6.63. The number of hydrogen-bond donors (Lipinski definition) is 1. The summed E-state index contributed by atoms with van der Waals surface area (Å²) in [6, 6.07) is 25.0. The van der Waals surface area contributed by atoms with Crippen molar-refractivity contribution in [3.8, 4) is 11.1 Å². The van der Waals surface area contributed by atoms with Gasteiger partial charge in [0.1, 0.15) is 0 Å². The Morgan fingerprint density at radius 1 is 0.815 bits per heavy atom. The summed E-state index contributed by atoms with van der Waals surface area (Å²) in [5.74, 6) is -0.204. The molecule has 0 amide bonds. The highest BCUT2D eigenvalue weighted by molar-refractivity contribution is 5.73. The lowest BCUT2D eigenvalue weighted by atomic mass is 9.96.